The summed E-state index contributed by atoms with van der Waals surface area (Å²) in [5.74, 6) is -1.30. The van der Waals surface area contributed by atoms with Crippen LogP contribution in [0.4, 0.5) is 0 Å². The third-order valence-electron chi connectivity index (χ3n) is 2.88. The molecule has 0 saturated heterocycles. The monoisotopic (exact) mass is 299 g/mol. The largest absolute Gasteiger partial charge is 0.483 e. The fraction of sp³-hybridized carbons (Fsp3) is 0.429. The van der Waals surface area contributed by atoms with Crippen molar-refractivity contribution in [2.24, 2.45) is 0 Å². The minimum Gasteiger partial charge on any atom is -0.483 e. The van der Waals surface area contributed by atoms with E-state index in [1.807, 2.05) is 13.8 Å². The maximum absolute atomic E-state index is 11.7. The smallest absolute Gasteiger partial charge is 0.339 e. The Morgan fingerprint density at radius 3 is 2.55 bits per heavy atom. The van der Waals surface area contributed by atoms with Crippen LogP contribution in [0, 0.1) is 0 Å². The van der Waals surface area contributed by atoms with E-state index in [2.05, 4.69) is 5.32 Å². The molecular formula is C14H18ClNO4. The van der Waals surface area contributed by atoms with Gasteiger partial charge in [-0.3, -0.25) is 4.79 Å². The van der Waals surface area contributed by atoms with Crippen molar-refractivity contribution in [2.75, 3.05) is 6.61 Å². The molecule has 0 radical (unpaired) electrons. The number of amides is 1. The number of rotatable bonds is 7. The van der Waals surface area contributed by atoms with Crippen molar-refractivity contribution in [3.63, 3.8) is 0 Å². The first-order chi connectivity index (χ1) is 9.47. The maximum Gasteiger partial charge on any atom is 0.339 e. The third kappa shape index (κ3) is 4.74. The molecule has 0 aliphatic carbocycles. The van der Waals surface area contributed by atoms with E-state index in [1.54, 1.807) is 0 Å². The molecule has 0 bridgehead atoms. The lowest BCUT2D eigenvalue weighted by molar-refractivity contribution is -0.123. The highest BCUT2D eigenvalue weighted by Crippen LogP contribution is 2.22. The van der Waals surface area contributed by atoms with Gasteiger partial charge in [-0.15, -0.1) is 0 Å². The van der Waals surface area contributed by atoms with Crippen LogP contribution >= 0.6 is 11.6 Å². The average molecular weight is 300 g/mol. The summed E-state index contributed by atoms with van der Waals surface area (Å²) in [5.41, 5.74) is -0.0622. The minimum atomic E-state index is -1.15. The average Bonchev–Trinajstić information content (AvgIpc) is 2.43. The van der Waals surface area contributed by atoms with Gasteiger partial charge in [0.15, 0.2) is 6.61 Å². The number of benzene rings is 1. The standard InChI is InChI=1S/C14H18ClNO4/c1-3-10(4-2)16-13(17)8-20-12-6-5-9(15)7-11(12)14(18)19/h5-7,10H,3-4,8H2,1-2H3,(H,16,17)(H,18,19). The number of aromatic carboxylic acids is 1. The Labute approximate surface area is 122 Å². The fourth-order valence-electron chi connectivity index (χ4n) is 1.70. The predicted octanol–water partition coefficient (Wildman–Crippen LogP) is 2.72. The molecule has 5 nitrogen and oxygen atoms in total. The molecule has 0 aromatic heterocycles. The number of carboxylic acids is 1. The van der Waals surface area contributed by atoms with Crippen LogP contribution in [0.5, 0.6) is 5.75 Å². The third-order valence-corrected chi connectivity index (χ3v) is 3.12. The van der Waals surface area contributed by atoms with Gasteiger partial charge in [0.05, 0.1) is 0 Å². The number of carbonyl (C=O) groups is 2. The van der Waals surface area contributed by atoms with Gasteiger partial charge in [0.25, 0.3) is 5.91 Å². The molecule has 0 saturated carbocycles. The second-order valence-corrected chi connectivity index (χ2v) is 4.75. The van der Waals surface area contributed by atoms with E-state index in [0.29, 0.717) is 5.02 Å². The van der Waals surface area contributed by atoms with Gasteiger partial charge in [0.2, 0.25) is 0 Å². The quantitative estimate of drug-likeness (QED) is 0.811. The van der Waals surface area contributed by atoms with Crippen LogP contribution in [-0.2, 0) is 4.79 Å². The Balaban J connectivity index is 2.66. The van der Waals surface area contributed by atoms with E-state index in [9.17, 15) is 9.59 Å². The zero-order valence-electron chi connectivity index (χ0n) is 11.5. The molecule has 20 heavy (non-hydrogen) atoms. The lowest BCUT2D eigenvalue weighted by Crippen LogP contribution is -2.37. The Morgan fingerprint density at radius 1 is 1.35 bits per heavy atom. The molecule has 0 aliphatic heterocycles. The summed E-state index contributed by atoms with van der Waals surface area (Å²) in [6.07, 6.45) is 1.67. The van der Waals surface area contributed by atoms with Crippen LogP contribution in [0.2, 0.25) is 5.02 Å². The number of hydrogen-bond donors (Lipinski definition) is 2. The molecular weight excluding hydrogens is 282 g/mol. The molecule has 1 amide bonds. The van der Waals surface area contributed by atoms with Gasteiger partial charge >= 0.3 is 5.97 Å². The molecule has 0 heterocycles. The summed E-state index contributed by atoms with van der Waals surface area (Å²) in [5, 5.41) is 12.1. The summed E-state index contributed by atoms with van der Waals surface area (Å²) < 4.78 is 5.25. The van der Waals surface area contributed by atoms with Gasteiger partial charge in [-0.05, 0) is 31.0 Å². The molecule has 0 unspecified atom stereocenters. The predicted molar refractivity (Wildman–Crippen MR) is 76.4 cm³/mol. The summed E-state index contributed by atoms with van der Waals surface area (Å²) in [6, 6.07) is 4.35. The number of ether oxygens (including phenoxy) is 1. The molecule has 1 aromatic carbocycles. The van der Waals surface area contributed by atoms with E-state index < -0.39 is 5.97 Å². The van der Waals surface area contributed by atoms with Crippen LogP contribution in [0.25, 0.3) is 0 Å². The summed E-state index contributed by atoms with van der Waals surface area (Å²) in [7, 11) is 0. The highest BCUT2D eigenvalue weighted by molar-refractivity contribution is 6.31. The zero-order valence-corrected chi connectivity index (χ0v) is 12.2. The molecule has 110 valence electrons. The molecule has 0 spiro atoms. The van der Waals surface area contributed by atoms with Gasteiger partial charge < -0.3 is 15.2 Å². The van der Waals surface area contributed by atoms with E-state index in [-0.39, 0.29) is 29.9 Å². The Hall–Kier alpha value is -1.75. The molecule has 2 N–H and O–H groups in total. The highest BCUT2D eigenvalue weighted by atomic mass is 35.5. The van der Waals surface area contributed by atoms with E-state index in [1.165, 1.54) is 18.2 Å². The topological polar surface area (TPSA) is 75.6 Å². The van der Waals surface area contributed by atoms with Gasteiger partial charge in [0, 0.05) is 11.1 Å². The Bertz CT molecular complexity index is 486. The van der Waals surface area contributed by atoms with Crippen LogP contribution in [0.15, 0.2) is 18.2 Å². The van der Waals surface area contributed by atoms with Crippen molar-refractivity contribution in [1.82, 2.24) is 5.32 Å². The molecule has 0 aliphatic rings. The van der Waals surface area contributed by atoms with E-state index >= 15 is 0 Å². The maximum atomic E-state index is 11.7. The number of nitrogens with one attached hydrogen (secondary N) is 1. The van der Waals surface area contributed by atoms with Crippen LogP contribution in [0.3, 0.4) is 0 Å². The van der Waals surface area contributed by atoms with E-state index in [0.717, 1.165) is 12.8 Å². The summed E-state index contributed by atoms with van der Waals surface area (Å²) in [6.45, 7) is 3.74. The van der Waals surface area contributed by atoms with Gasteiger partial charge in [-0.2, -0.15) is 0 Å². The zero-order chi connectivity index (χ0) is 15.1. The SMILES string of the molecule is CCC(CC)NC(=O)COc1ccc(Cl)cc1C(=O)O. The van der Waals surface area contributed by atoms with Crippen molar-refractivity contribution in [2.45, 2.75) is 32.7 Å². The normalized spacial score (nSPS) is 10.4. The molecule has 0 fully saturated rings. The minimum absolute atomic E-state index is 0.0622. The number of halogens is 1. The van der Waals surface area contributed by atoms with Gasteiger partial charge in [0.1, 0.15) is 11.3 Å². The fourth-order valence-corrected chi connectivity index (χ4v) is 1.87. The molecule has 0 atom stereocenters. The number of carbonyl (C=O) groups excluding carboxylic acids is 1. The first-order valence-electron chi connectivity index (χ1n) is 6.42. The van der Waals surface area contributed by atoms with Crippen LogP contribution in [-0.4, -0.2) is 29.6 Å². The lowest BCUT2D eigenvalue weighted by atomic mass is 10.2. The summed E-state index contributed by atoms with van der Waals surface area (Å²) >= 11 is 5.73. The van der Waals surface area contributed by atoms with Crippen LogP contribution in [0.1, 0.15) is 37.0 Å². The molecule has 6 heteroatoms. The second kappa shape index (κ2) is 7.75. The van der Waals surface area contributed by atoms with Gasteiger partial charge in [-0.1, -0.05) is 25.4 Å². The molecule has 1 rings (SSSR count). The first-order valence-corrected chi connectivity index (χ1v) is 6.80. The second-order valence-electron chi connectivity index (χ2n) is 4.32. The Morgan fingerprint density at radius 2 is 2.00 bits per heavy atom. The Kier molecular flexibility index (Phi) is 6.31. The molecule has 1 aromatic rings. The lowest BCUT2D eigenvalue weighted by Gasteiger charge is -2.15. The van der Waals surface area contributed by atoms with Crippen LogP contribution < -0.4 is 10.1 Å². The van der Waals surface area contributed by atoms with E-state index in [4.69, 9.17) is 21.4 Å². The van der Waals surface area contributed by atoms with Crippen molar-refractivity contribution >= 4 is 23.5 Å². The number of carboxylic acid groups (broad SMARTS) is 1. The number of hydrogen-bond acceptors (Lipinski definition) is 3. The highest BCUT2D eigenvalue weighted by Gasteiger charge is 2.14. The van der Waals surface area contributed by atoms with Crippen molar-refractivity contribution in [3.8, 4) is 5.75 Å². The van der Waals surface area contributed by atoms with Gasteiger partial charge in [-0.25, -0.2) is 4.79 Å². The van der Waals surface area contributed by atoms with Crippen molar-refractivity contribution in [1.29, 1.82) is 0 Å². The summed E-state index contributed by atoms with van der Waals surface area (Å²) in [4.78, 5) is 22.7. The van der Waals surface area contributed by atoms with Crippen molar-refractivity contribution < 1.29 is 19.4 Å². The van der Waals surface area contributed by atoms with Crippen molar-refractivity contribution in [3.05, 3.63) is 28.8 Å². The first kappa shape index (κ1) is 16.3.